The van der Waals surface area contributed by atoms with E-state index in [1.165, 1.54) is 17.4 Å². The van der Waals surface area contributed by atoms with Gasteiger partial charge in [0.25, 0.3) is 0 Å². The summed E-state index contributed by atoms with van der Waals surface area (Å²) >= 11 is 7.55. The molecule has 3 aromatic rings. The molecule has 0 aliphatic carbocycles. The second-order valence-corrected chi connectivity index (χ2v) is 9.39. The van der Waals surface area contributed by atoms with Gasteiger partial charge < -0.3 is 4.74 Å². The average Bonchev–Trinajstić information content (AvgIpc) is 3.16. The Morgan fingerprint density at radius 3 is 2.66 bits per heavy atom. The van der Waals surface area contributed by atoms with Crippen LogP contribution in [0.5, 0.6) is 0 Å². The molecule has 1 heterocycles. The molecule has 0 atom stereocenters. The van der Waals surface area contributed by atoms with Crippen LogP contribution in [0.4, 0.5) is 0 Å². The third-order valence-corrected chi connectivity index (χ3v) is 6.89. The second kappa shape index (κ2) is 9.04. The summed E-state index contributed by atoms with van der Waals surface area (Å²) in [5.74, 6) is -0.690. The normalized spacial score (nSPS) is 11.4. The Labute approximate surface area is 178 Å². The van der Waals surface area contributed by atoms with E-state index in [0.29, 0.717) is 10.7 Å². The number of benzene rings is 2. The van der Waals surface area contributed by atoms with Gasteiger partial charge in [-0.3, -0.25) is 4.79 Å². The quantitative estimate of drug-likeness (QED) is 0.547. The number of thiazole rings is 1. The Morgan fingerprint density at radius 2 is 1.93 bits per heavy atom. The van der Waals surface area contributed by atoms with Crippen molar-refractivity contribution in [2.45, 2.75) is 25.3 Å². The van der Waals surface area contributed by atoms with E-state index >= 15 is 0 Å². The van der Waals surface area contributed by atoms with Crippen LogP contribution in [0.2, 0.25) is 5.02 Å². The predicted octanol–water partition coefficient (Wildman–Crippen LogP) is 4.10. The first-order chi connectivity index (χ1) is 13.8. The van der Waals surface area contributed by atoms with Crippen LogP contribution in [0.3, 0.4) is 0 Å². The van der Waals surface area contributed by atoms with E-state index in [2.05, 4.69) is 9.71 Å². The number of halogens is 1. The predicted molar refractivity (Wildman–Crippen MR) is 113 cm³/mol. The minimum atomic E-state index is -3.79. The molecule has 0 aliphatic rings. The first kappa shape index (κ1) is 21.4. The topological polar surface area (TPSA) is 85.4 Å². The molecule has 0 saturated carbocycles. The van der Waals surface area contributed by atoms with E-state index in [4.69, 9.17) is 16.3 Å². The molecule has 0 radical (unpaired) electrons. The van der Waals surface area contributed by atoms with Crippen LogP contribution in [0, 0.1) is 13.8 Å². The van der Waals surface area contributed by atoms with Gasteiger partial charge in [-0.1, -0.05) is 35.9 Å². The van der Waals surface area contributed by atoms with Gasteiger partial charge in [0.15, 0.2) is 0 Å². The smallest absolute Gasteiger partial charge is 0.321 e. The number of hydrogen-bond donors (Lipinski definition) is 1. The molecule has 1 N–H and O–H groups in total. The summed E-state index contributed by atoms with van der Waals surface area (Å²) in [6, 6.07) is 12.1. The number of nitrogens with zero attached hydrogens (tertiary/aromatic N) is 1. The molecule has 29 heavy (non-hydrogen) atoms. The van der Waals surface area contributed by atoms with Gasteiger partial charge in [0, 0.05) is 10.9 Å². The summed E-state index contributed by atoms with van der Waals surface area (Å²) < 4.78 is 32.0. The molecule has 0 bridgehead atoms. The molecule has 152 valence electrons. The van der Waals surface area contributed by atoms with Crippen molar-refractivity contribution in [1.29, 1.82) is 0 Å². The fourth-order valence-electron chi connectivity index (χ4n) is 2.46. The van der Waals surface area contributed by atoms with Gasteiger partial charge in [-0.2, -0.15) is 4.72 Å². The van der Waals surface area contributed by atoms with Crippen LogP contribution in [-0.4, -0.2) is 25.9 Å². The third kappa shape index (κ3) is 5.42. The van der Waals surface area contributed by atoms with E-state index in [-0.39, 0.29) is 11.5 Å². The standard InChI is InChI=1S/C20H19ClN2O4S2/c1-13-7-8-16(9-14(13)2)29(25,26)22-10-19(24)27-11-15-12-28-20(23-15)17-5-3-4-6-18(17)21/h3-9,12,22H,10-11H2,1-2H3. The molecule has 1 aromatic heterocycles. The zero-order valence-electron chi connectivity index (χ0n) is 15.8. The SMILES string of the molecule is Cc1ccc(S(=O)(=O)NCC(=O)OCc2csc(-c3ccccc3Cl)n2)cc1C. The van der Waals surface area contributed by atoms with Crippen LogP contribution in [0.1, 0.15) is 16.8 Å². The van der Waals surface area contributed by atoms with Crippen molar-refractivity contribution >= 4 is 38.9 Å². The Balaban J connectivity index is 1.55. The molecular weight excluding hydrogens is 432 g/mol. The van der Waals surface area contributed by atoms with Crippen molar-refractivity contribution < 1.29 is 17.9 Å². The van der Waals surface area contributed by atoms with E-state index < -0.39 is 22.5 Å². The first-order valence-corrected chi connectivity index (χ1v) is 11.4. The Hall–Kier alpha value is -2.26. The molecule has 0 spiro atoms. The summed E-state index contributed by atoms with van der Waals surface area (Å²) in [7, 11) is -3.79. The minimum absolute atomic E-state index is 0.0504. The van der Waals surface area contributed by atoms with Crippen LogP contribution < -0.4 is 4.72 Å². The van der Waals surface area contributed by atoms with Crippen LogP contribution in [-0.2, 0) is 26.2 Å². The van der Waals surface area contributed by atoms with Gasteiger partial charge in [0.1, 0.15) is 18.2 Å². The molecular formula is C20H19ClN2O4S2. The van der Waals surface area contributed by atoms with Crippen LogP contribution >= 0.6 is 22.9 Å². The molecule has 0 aliphatic heterocycles. The maximum Gasteiger partial charge on any atom is 0.321 e. The van der Waals surface area contributed by atoms with Crippen molar-refractivity contribution in [2.75, 3.05) is 6.54 Å². The highest BCUT2D eigenvalue weighted by Gasteiger charge is 2.17. The van der Waals surface area contributed by atoms with Gasteiger partial charge in [-0.05, 0) is 43.2 Å². The Bertz CT molecular complexity index is 1140. The molecule has 0 fully saturated rings. The summed E-state index contributed by atoms with van der Waals surface area (Å²) in [6.07, 6.45) is 0. The fraction of sp³-hybridized carbons (Fsp3) is 0.200. The number of ether oxygens (including phenoxy) is 1. The number of sulfonamides is 1. The number of rotatable bonds is 7. The van der Waals surface area contributed by atoms with Crippen molar-refractivity contribution in [2.24, 2.45) is 0 Å². The fourth-order valence-corrected chi connectivity index (χ4v) is 4.63. The third-order valence-electron chi connectivity index (χ3n) is 4.23. The molecule has 6 nitrogen and oxygen atoms in total. The van der Waals surface area contributed by atoms with Crippen LogP contribution in [0.15, 0.2) is 52.7 Å². The zero-order chi connectivity index (χ0) is 21.0. The molecule has 0 amide bonds. The molecule has 9 heteroatoms. The highest BCUT2D eigenvalue weighted by molar-refractivity contribution is 7.89. The van der Waals surface area contributed by atoms with Crippen molar-refractivity contribution in [3.05, 3.63) is 69.7 Å². The number of hydrogen-bond acceptors (Lipinski definition) is 6. The summed E-state index contributed by atoms with van der Waals surface area (Å²) in [5, 5.41) is 3.08. The van der Waals surface area contributed by atoms with Gasteiger partial charge in [0.2, 0.25) is 10.0 Å². The van der Waals surface area contributed by atoms with Crippen molar-refractivity contribution in [1.82, 2.24) is 9.71 Å². The summed E-state index contributed by atoms with van der Waals surface area (Å²) in [6.45, 7) is 3.21. The van der Waals surface area contributed by atoms with Gasteiger partial charge >= 0.3 is 5.97 Å². The number of esters is 1. The summed E-state index contributed by atoms with van der Waals surface area (Å²) in [5.41, 5.74) is 3.21. The van der Waals surface area contributed by atoms with E-state index in [9.17, 15) is 13.2 Å². The number of carbonyl (C=O) groups excluding carboxylic acids is 1. The summed E-state index contributed by atoms with van der Waals surface area (Å²) in [4.78, 5) is 16.5. The molecule has 3 rings (SSSR count). The maximum absolute atomic E-state index is 12.3. The van der Waals surface area contributed by atoms with Gasteiger partial charge in [0.05, 0.1) is 15.6 Å². The lowest BCUT2D eigenvalue weighted by Gasteiger charge is -2.08. The highest BCUT2D eigenvalue weighted by atomic mass is 35.5. The van der Waals surface area contributed by atoms with Crippen LogP contribution in [0.25, 0.3) is 10.6 Å². The van der Waals surface area contributed by atoms with Crippen molar-refractivity contribution in [3.8, 4) is 10.6 Å². The van der Waals surface area contributed by atoms with E-state index in [0.717, 1.165) is 21.7 Å². The maximum atomic E-state index is 12.3. The Morgan fingerprint density at radius 1 is 1.17 bits per heavy atom. The molecule has 0 unspecified atom stereocenters. The van der Waals surface area contributed by atoms with Gasteiger partial charge in [-0.25, -0.2) is 13.4 Å². The Kier molecular flexibility index (Phi) is 6.69. The molecule has 2 aromatic carbocycles. The monoisotopic (exact) mass is 450 g/mol. The lowest BCUT2D eigenvalue weighted by Crippen LogP contribution is -2.30. The minimum Gasteiger partial charge on any atom is -0.458 e. The number of aryl methyl sites for hydroxylation is 2. The first-order valence-electron chi connectivity index (χ1n) is 8.68. The average molecular weight is 451 g/mol. The second-order valence-electron chi connectivity index (χ2n) is 6.36. The van der Waals surface area contributed by atoms with Crippen molar-refractivity contribution in [3.63, 3.8) is 0 Å². The van der Waals surface area contributed by atoms with E-state index in [1.807, 2.05) is 32.0 Å². The molecule has 0 saturated heterocycles. The highest BCUT2D eigenvalue weighted by Crippen LogP contribution is 2.30. The van der Waals surface area contributed by atoms with E-state index in [1.54, 1.807) is 23.6 Å². The largest absolute Gasteiger partial charge is 0.458 e. The zero-order valence-corrected chi connectivity index (χ0v) is 18.2. The van der Waals surface area contributed by atoms with Gasteiger partial charge in [-0.15, -0.1) is 11.3 Å². The lowest BCUT2D eigenvalue weighted by molar-refractivity contribution is -0.143. The number of carbonyl (C=O) groups is 1. The number of nitrogens with one attached hydrogen (secondary N) is 1. The number of aromatic nitrogens is 1. The lowest BCUT2D eigenvalue weighted by atomic mass is 10.1.